The van der Waals surface area contributed by atoms with E-state index in [2.05, 4.69) is 33.0 Å². The summed E-state index contributed by atoms with van der Waals surface area (Å²) in [5.41, 5.74) is 6.72. The molecule has 3 aromatic heterocycles. The topological polar surface area (TPSA) is 106 Å². The van der Waals surface area contributed by atoms with E-state index in [1.165, 1.54) is 16.9 Å². The number of nitrogens with zero attached hydrogens (tertiary/aromatic N) is 3. The van der Waals surface area contributed by atoms with Gasteiger partial charge in [-0.15, -0.1) is 11.3 Å². The number of hydrogen-bond acceptors (Lipinski definition) is 7. The van der Waals surface area contributed by atoms with Gasteiger partial charge in [0.25, 0.3) is 0 Å². The lowest BCUT2D eigenvalue weighted by atomic mass is 9.94. The number of thiophene rings is 1. The summed E-state index contributed by atoms with van der Waals surface area (Å²) in [6.45, 7) is 4.61. The fraction of sp³-hybridized carbons (Fsp3) is 0.361. The first-order valence-electron chi connectivity index (χ1n) is 16.0. The largest absolute Gasteiger partial charge is 0.497 e. The molecule has 46 heavy (non-hydrogen) atoms. The second kappa shape index (κ2) is 13.2. The Labute approximate surface area is 271 Å². The third-order valence-corrected chi connectivity index (χ3v) is 10.4. The molecule has 0 unspecified atom stereocenters. The van der Waals surface area contributed by atoms with Crippen LogP contribution in [0, 0.1) is 0 Å². The van der Waals surface area contributed by atoms with Crippen molar-refractivity contribution in [3.63, 3.8) is 0 Å². The number of amides is 1. The number of aromatic nitrogens is 2. The highest BCUT2D eigenvalue weighted by Crippen LogP contribution is 2.47. The van der Waals surface area contributed by atoms with Crippen molar-refractivity contribution in [3.8, 4) is 28.3 Å². The number of carbonyl (C=O) groups excluding carboxylic acids is 1. The molecule has 9 nitrogen and oxygen atoms in total. The van der Waals surface area contributed by atoms with Gasteiger partial charge in [0.05, 0.1) is 47.4 Å². The van der Waals surface area contributed by atoms with E-state index < -0.39 is 5.97 Å². The van der Waals surface area contributed by atoms with Crippen molar-refractivity contribution < 1.29 is 24.2 Å². The maximum absolute atomic E-state index is 13.5. The molecular formula is C36H38N4O5S. The number of ether oxygens (including phenoxy) is 2. The fourth-order valence-corrected chi connectivity index (χ4v) is 8.04. The summed E-state index contributed by atoms with van der Waals surface area (Å²) in [6.07, 6.45) is 4.39. The van der Waals surface area contributed by atoms with Gasteiger partial charge in [0.1, 0.15) is 17.2 Å². The Morgan fingerprint density at radius 3 is 2.65 bits per heavy atom. The minimum absolute atomic E-state index is 0.0853. The van der Waals surface area contributed by atoms with E-state index in [-0.39, 0.29) is 12.5 Å². The summed E-state index contributed by atoms with van der Waals surface area (Å²) >= 11 is 1.33. The Morgan fingerprint density at radius 1 is 1.04 bits per heavy atom. The predicted octanol–water partition coefficient (Wildman–Crippen LogP) is 6.40. The first-order chi connectivity index (χ1) is 22.5. The molecule has 0 radical (unpaired) electrons. The highest BCUT2D eigenvalue weighted by molar-refractivity contribution is 7.21. The van der Waals surface area contributed by atoms with E-state index in [0.717, 1.165) is 108 Å². The minimum atomic E-state index is -0.940. The third kappa shape index (κ3) is 6.12. The lowest BCUT2D eigenvalue weighted by molar-refractivity contribution is -0.121. The zero-order valence-electron chi connectivity index (χ0n) is 26.0. The molecule has 7 rings (SSSR count). The molecule has 4 heterocycles. The zero-order valence-corrected chi connectivity index (χ0v) is 26.8. The molecular weight excluding hydrogens is 600 g/mol. The van der Waals surface area contributed by atoms with Crippen LogP contribution in [-0.2, 0) is 16.1 Å². The molecule has 0 bridgehead atoms. The Kier molecular flexibility index (Phi) is 8.75. The summed E-state index contributed by atoms with van der Waals surface area (Å²) in [7, 11) is 1.66. The van der Waals surface area contributed by atoms with Gasteiger partial charge in [-0.1, -0.05) is 37.1 Å². The van der Waals surface area contributed by atoms with Crippen molar-refractivity contribution in [2.24, 2.45) is 0 Å². The zero-order chi connectivity index (χ0) is 31.6. The number of fused-ring (bicyclic) bond motifs is 2. The van der Waals surface area contributed by atoms with Gasteiger partial charge in [-0.25, -0.2) is 9.78 Å². The number of carboxylic acid groups (broad SMARTS) is 1. The fourth-order valence-electron chi connectivity index (χ4n) is 6.92. The smallest absolute Gasteiger partial charge is 0.345 e. The van der Waals surface area contributed by atoms with Crippen molar-refractivity contribution in [1.29, 1.82) is 0 Å². The molecule has 1 aliphatic carbocycles. The molecule has 2 aliphatic rings. The van der Waals surface area contributed by atoms with Gasteiger partial charge in [0.2, 0.25) is 5.91 Å². The maximum atomic E-state index is 13.5. The summed E-state index contributed by atoms with van der Waals surface area (Å²) < 4.78 is 13.9. The van der Waals surface area contributed by atoms with E-state index in [1.54, 1.807) is 13.2 Å². The molecule has 1 aliphatic heterocycles. The quantitative estimate of drug-likeness (QED) is 0.182. The number of rotatable bonds is 10. The highest BCUT2D eigenvalue weighted by atomic mass is 32.1. The number of carboxylic acids is 1. The van der Waals surface area contributed by atoms with E-state index in [9.17, 15) is 14.7 Å². The maximum Gasteiger partial charge on any atom is 0.345 e. The summed E-state index contributed by atoms with van der Waals surface area (Å²) in [5, 5.41) is 14.0. The van der Waals surface area contributed by atoms with Crippen LogP contribution in [0.15, 0.2) is 60.7 Å². The second-order valence-corrected chi connectivity index (χ2v) is 13.2. The SMILES string of the molecule is COc1cccc(-c2ccc3cc(-c4c(C5CCCC5)c5sc(C(=O)O)cc5n4CC(=O)NCCN4CCOCC4)ccc3n2)c1. The van der Waals surface area contributed by atoms with Crippen LogP contribution in [0.5, 0.6) is 5.75 Å². The van der Waals surface area contributed by atoms with Crippen LogP contribution in [0.2, 0.25) is 0 Å². The van der Waals surface area contributed by atoms with Crippen LogP contribution < -0.4 is 10.1 Å². The molecule has 0 atom stereocenters. The second-order valence-electron chi connectivity index (χ2n) is 12.1. The number of benzene rings is 2. The van der Waals surface area contributed by atoms with Crippen LogP contribution in [0.1, 0.15) is 46.8 Å². The Hall–Kier alpha value is -4.25. The molecule has 1 amide bonds. The van der Waals surface area contributed by atoms with E-state index in [4.69, 9.17) is 14.5 Å². The lowest BCUT2D eigenvalue weighted by Gasteiger charge is -2.26. The van der Waals surface area contributed by atoms with Crippen LogP contribution in [-0.4, -0.2) is 77.9 Å². The number of pyridine rings is 1. The van der Waals surface area contributed by atoms with Crippen LogP contribution >= 0.6 is 11.3 Å². The van der Waals surface area contributed by atoms with Gasteiger partial charge in [-0.3, -0.25) is 9.69 Å². The normalized spacial score (nSPS) is 15.9. The van der Waals surface area contributed by atoms with Crippen molar-refractivity contribution in [1.82, 2.24) is 19.8 Å². The Morgan fingerprint density at radius 2 is 1.87 bits per heavy atom. The molecule has 2 aromatic carbocycles. The molecule has 1 saturated carbocycles. The lowest BCUT2D eigenvalue weighted by Crippen LogP contribution is -2.41. The van der Waals surface area contributed by atoms with Gasteiger partial charge in [0.15, 0.2) is 0 Å². The molecule has 2 fully saturated rings. The molecule has 5 aromatic rings. The van der Waals surface area contributed by atoms with E-state index >= 15 is 0 Å². The summed E-state index contributed by atoms with van der Waals surface area (Å²) in [6, 6.07) is 20.0. The molecule has 2 N–H and O–H groups in total. The predicted molar refractivity (Wildman–Crippen MR) is 181 cm³/mol. The summed E-state index contributed by atoms with van der Waals surface area (Å²) in [4.78, 5) is 33.1. The number of methoxy groups -OCH3 is 1. The van der Waals surface area contributed by atoms with Crippen LogP contribution in [0.4, 0.5) is 0 Å². The molecule has 10 heteroatoms. The third-order valence-electron chi connectivity index (χ3n) is 9.23. The van der Waals surface area contributed by atoms with E-state index in [0.29, 0.717) is 17.3 Å². The first kappa shape index (κ1) is 30.4. The van der Waals surface area contributed by atoms with Gasteiger partial charge < -0.3 is 24.5 Å². The molecule has 1 saturated heterocycles. The molecule has 238 valence electrons. The first-order valence-corrected chi connectivity index (χ1v) is 16.8. The van der Waals surface area contributed by atoms with Crippen molar-refractivity contribution >= 4 is 44.3 Å². The van der Waals surface area contributed by atoms with Crippen LogP contribution in [0.3, 0.4) is 0 Å². The Bertz CT molecular complexity index is 1900. The number of hydrogen-bond donors (Lipinski definition) is 2. The van der Waals surface area contributed by atoms with Gasteiger partial charge >= 0.3 is 5.97 Å². The van der Waals surface area contributed by atoms with Gasteiger partial charge in [0, 0.05) is 37.1 Å². The van der Waals surface area contributed by atoms with Crippen molar-refractivity contribution in [2.75, 3.05) is 46.5 Å². The standard InChI is InChI=1S/C36H38N4O5S/c1-44-27-8-4-7-24(20-27)28-11-9-25-19-26(10-12-29(25)38-28)34-33(23-5-2-3-6-23)35-30(21-31(46-35)36(42)43)40(34)22-32(41)37-13-14-39-15-17-45-18-16-39/h4,7-12,19-21,23H,2-3,5-6,13-18,22H2,1H3,(H,37,41)(H,42,43). The average Bonchev–Trinajstić information content (AvgIpc) is 3.83. The minimum Gasteiger partial charge on any atom is -0.497 e. The Balaban J connectivity index is 1.27. The number of nitrogens with one attached hydrogen (secondary N) is 1. The van der Waals surface area contributed by atoms with Crippen molar-refractivity contribution in [3.05, 3.63) is 71.1 Å². The highest BCUT2D eigenvalue weighted by Gasteiger charge is 2.30. The molecule has 0 spiro atoms. The van der Waals surface area contributed by atoms with Gasteiger partial charge in [-0.2, -0.15) is 0 Å². The summed E-state index contributed by atoms with van der Waals surface area (Å²) in [5.74, 6) is 0.0712. The van der Waals surface area contributed by atoms with Crippen molar-refractivity contribution in [2.45, 2.75) is 38.1 Å². The average molecular weight is 639 g/mol. The van der Waals surface area contributed by atoms with Gasteiger partial charge in [-0.05, 0) is 66.3 Å². The number of aromatic carboxylic acids is 1. The number of morpholine rings is 1. The van der Waals surface area contributed by atoms with E-state index in [1.807, 2.05) is 36.4 Å². The van der Waals surface area contributed by atoms with Crippen LogP contribution in [0.25, 0.3) is 43.6 Å². The monoisotopic (exact) mass is 638 g/mol. The number of carbonyl (C=O) groups is 2.